The lowest BCUT2D eigenvalue weighted by Crippen LogP contribution is -2.06. The average Bonchev–Trinajstić information content (AvgIpc) is 2.33. The molecule has 0 radical (unpaired) electrons. The van der Waals surface area contributed by atoms with Gasteiger partial charge in [-0.15, -0.1) is 17.9 Å². The molecule has 1 aromatic heterocycles. The van der Waals surface area contributed by atoms with Crippen molar-refractivity contribution in [1.82, 2.24) is 0 Å². The molecule has 0 aliphatic heterocycles. The Kier molecular flexibility index (Phi) is 3.96. The van der Waals surface area contributed by atoms with E-state index in [1.807, 2.05) is 12.1 Å². The molecular formula is C8H9Br2NS. The van der Waals surface area contributed by atoms with Gasteiger partial charge in [-0.25, -0.2) is 0 Å². The van der Waals surface area contributed by atoms with Crippen LogP contribution in [0.5, 0.6) is 0 Å². The van der Waals surface area contributed by atoms with E-state index >= 15 is 0 Å². The number of nitrogens with two attached hydrogens (primary N) is 1. The van der Waals surface area contributed by atoms with Gasteiger partial charge < -0.3 is 5.73 Å². The van der Waals surface area contributed by atoms with E-state index in [1.165, 1.54) is 4.88 Å². The molecule has 0 saturated heterocycles. The summed E-state index contributed by atoms with van der Waals surface area (Å²) in [6, 6.07) is 2.12. The average molecular weight is 311 g/mol. The summed E-state index contributed by atoms with van der Waals surface area (Å²) in [5.74, 6) is 0. The SMILES string of the molecule is C=CC[C@H](N)c1cc(Br)c(Br)s1. The highest BCUT2D eigenvalue weighted by Crippen LogP contribution is 2.35. The van der Waals surface area contributed by atoms with Crippen LogP contribution < -0.4 is 5.73 Å². The number of thiophene rings is 1. The van der Waals surface area contributed by atoms with E-state index in [-0.39, 0.29) is 6.04 Å². The number of hydrogen-bond donors (Lipinski definition) is 1. The van der Waals surface area contributed by atoms with Gasteiger partial charge in [0.2, 0.25) is 0 Å². The molecular weight excluding hydrogens is 302 g/mol. The Hall–Kier alpha value is 0.360. The smallest absolute Gasteiger partial charge is 0.0843 e. The highest BCUT2D eigenvalue weighted by molar-refractivity contribution is 9.13. The maximum atomic E-state index is 5.89. The van der Waals surface area contributed by atoms with Crippen LogP contribution in [0.25, 0.3) is 0 Å². The zero-order valence-corrected chi connectivity index (χ0v) is 10.4. The lowest BCUT2D eigenvalue weighted by Gasteiger charge is -2.03. The van der Waals surface area contributed by atoms with E-state index in [1.54, 1.807) is 11.3 Å². The lowest BCUT2D eigenvalue weighted by molar-refractivity contribution is 0.757. The standard InChI is InChI=1S/C8H9Br2NS/c1-2-3-6(11)7-4-5(9)8(10)12-7/h2,4,6H,1,3,11H2/t6-/m0/s1. The third kappa shape index (κ3) is 2.42. The molecule has 0 fully saturated rings. The van der Waals surface area contributed by atoms with Crippen molar-refractivity contribution >= 4 is 43.2 Å². The molecule has 12 heavy (non-hydrogen) atoms. The third-order valence-electron chi connectivity index (χ3n) is 1.45. The molecule has 0 aliphatic rings. The van der Waals surface area contributed by atoms with Crippen molar-refractivity contribution in [3.05, 3.63) is 31.9 Å². The van der Waals surface area contributed by atoms with Crippen molar-refractivity contribution in [2.45, 2.75) is 12.5 Å². The molecule has 0 unspecified atom stereocenters. The quantitative estimate of drug-likeness (QED) is 0.843. The van der Waals surface area contributed by atoms with Crippen LogP contribution in [-0.2, 0) is 0 Å². The minimum absolute atomic E-state index is 0.0788. The van der Waals surface area contributed by atoms with Gasteiger partial charge >= 0.3 is 0 Å². The summed E-state index contributed by atoms with van der Waals surface area (Å²) >= 11 is 8.50. The number of halogens is 2. The Balaban J connectivity index is 2.80. The molecule has 0 saturated carbocycles. The van der Waals surface area contributed by atoms with E-state index < -0.39 is 0 Å². The zero-order valence-electron chi connectivity index (χ0n) is 6.39. The zero-order chi connectivity index (χ0) is 9.14. The molecule has 0 spiro atoms. The fraction of sp³-hybridized carbons (Fsp3) is 0.250. The highest BCUT2D eigenvalue weighted by Gasteiger charge is 2.09. The minimum atomic E-state index is 0.0788. The first-order valence-electron chi connectivity index (χ1n) is 3.46. The van der Waals surface area contributed by atoms with Gasteiger partial charge in [0.25, 0.3) is 0 Å². The monoisotopic (exact) mass is 309 g/mol. The Labute approximate surface area is 92.9 Å². The summed E-state index contributed by atoms with van der Waals surface area (Å²) in [7, 11) is 0. The van der Waals surface area contributed by atoms with E-state index in [4.69, 9.17) is 5.73 Å². The second kappa shape index (κ2) is 4.56. The van der Waals surface area contributed by atoms with Crippen LogP contribution in [0.4, 0.5) is 0 Å². The maximum Gasteiger partial charge on any atom is 0.0843 e. The van der Waals surface area contributed by atoms with Crippen LogP contribution in [0.15, 0.2) is 27.0 Å². The third-order valence-corrected chi connectivity index (χ3v) is 4.84. The van der Waals surface area contributed by atoms with Crippen molar-refractivity contribution in [1.29, 1.82) is 0 Å². The summed E-state index contributed by atoms with van der Waals surface area (Å²) in [4.78, 5) is 1.17. The second-order valence-electron chi connectivity index (χ2n) is 2.40. The van der Waals surface area contributed by atoms with Crippen molar-refractivity contribution in [2.75, 3.05) is 0 Å². The van der Waals surface area contributed by atoms with Gasteiger partial charge in [0, 0.05) is 15.4 Å². The molecule has 4 heteroatoms. The van der Waals surface area contributed by atoms with E-state index in [2.05, 4.69) is 38.4 Å². The lowest BCUT2D eigenvalue weighted by atomic mass is 10.2. The van der Waals surface area contributed by atoms with Gasteiger partial charge in [-0.3, -0.25) is 0 Å². The summed E-state index contributed by atoms with van der Waals surface area (Å²) in [5.41, 5.74) is 5.89. The molecule has 1 aromatic rings. The van der Waals surface area contributed by atoms with Gasteiger partial charge in [-0.1, -0.05) is 6.08 Å². The van der Waals surface area contributed by atoms with Crippen molar-refractivity contribution in [3.8, 4) is 0 Å². The molecule has 0 bridgehead atoms. The Bertz CT molecular complexity index is 263. The Morgan fingerprint density at radius 3 is 2.75 bits per heavy atom. The summed E-state index contributed by atoms with van der Waals surface area (Å²) in [6.07, 6.45) is 2.66. The molecule has 1 nitrogen and oxygen atoms in total. The fourth-order valence-electron chi connectivity index (χ4n) is 0.842. The molecule has 2 N–H and O–H groups in total. The van der Waals surface area contributed by atoms with Crippen molar-refractivity contribution < 1.29 is 0 Å². The van der Waals surface area contributed by atoms with Gasteiger partial charge in [0.1, 0.15) is 0 Å². The summed E-state index contributed by atoms with van der Waals surface area (Å²) < 4.78 is 2.17. The Morgan fingerprint density at radius 2 is 2.33 bits per heavy atom. The molecule has 0 aromatic carbocycles. The molecule has 0 aliphatic carbocycles. The molecule has 0 amide bonds. The second-order valence-corrected chi connectivity index (χ2v) is 5.66. The van der Waals surface area contributed by atoms with Gasteiger partial charge in [-0.05, 0) is 44.3 Å². The Morgan fingerprint density at radius 1 is 1.67 bits per heavy atom. The fourth-order valence-corrected chi connectivity index (χ4v) is 2.95. The molecule has 66 valence electrons. The van der Waals surface area contributed by atoms with Crippen LogP contribution in [0.2, 0.25) is 0 Å². The van der Waals surface area contributed by atoms with E-state index in [9.17, 15) is 0 Å². The minimum Gasteiger partial charge on any atom is -0.323 e. The molecule has 1 heterocycles. The predicted molar refractivity (Wildman–Crippen MR) is 61.5 cm³/mol. The van der Waals surface area contributed by atoms with Crippen LogP contribution >= 0.6 is 43.2 Å². The topological polar surface area (TPSA) is 26.0 Å². The normalized spacial score (nSPS) is 12.9. The number of hydrogen-bond acceptors (Lipinski definition) is 2. The first kappa shape index (κ1) is 10.4. The molecule has 1 atom stereocenters. The maximum absolute atomic E-state index is 5.89. The van der Waals surface area contributed by atoms with Crippen LogP contribution in [-0.4, -0.2) is 0 Å². The van der Waals surface area contributed by atoms with E-state index in [0.29, 0.717) is 0 Å². The first-order valence-corrected chi connectivity index (χ1v) is 5.86. The van der Waals surface area contributed by atoms with Crippen LogP contribution in [0.1, 0.15) is 17.3 Å². The summed E-state index contributed by atoms with van der Waals surface area (Å²) in [5, 5.41) is 0. The first-order chi connectivity index (χ1) is 5.65. The van der Waals surface area contributed by atoms with Gasteiger partial charge in [0.15, 0.2) is 0 Å². The van der Waals surface area contributed by atoms with Crippen LogP contribution in [0.3, 0.4) is 0 Å². The highest BCUT2D eigenvalue weighted by atomic mass is 79.9. The van der Waals surface area contributed by atoms with Crippen molar-refractivity contribution in [3.63, 3.8) is 0 Å². The van der Waals surface area contributed by atoms with Crippen molar-refractivity contribution in [2.24, 2.45) is 5.73 Å². The predicted octanol–water partition coefficient (Wildman–Crippen LogP) is 3.85. The van der Waals surface area contributed by atoms with Crippen LogP contribution in [0, 0.1) is 0 Å². The largest absolute Gasteiger partial charge is 0.323 e. The van der Waals surface area contributed by atoms with Gasteiger partial charge in [-0.2, -0.15) is 0 Å². The molecule has 1 rings (SSSR count). The number of rotatable bonds is 3. The van der Waals surface area contributed by atoms with E-state index in [0.717, 1.165) is 14.7 Å². The summed E-state index contributed by atoms with van der Waals surface area (Å²) in [6.45, 7) is 3.66. The van der Waals surface area contributed by atoms with Gasteiger partial charge in [0.05, 0.1) is 3.79 Å².